The fourth-order valence-electron chi connectivity index (χ4n) is 4.05. The maximum atomic E-state index is 14.7. The first-order valence-corrected chi connectivity index (χ1v) is 13.0. The highest BCUT2D eigenvalue weighted by atomic mass is 32.2. The highest BCUT2D eigenvalue weighted by Crippen LogP contribution is 2.34. The third-order valence-electron chi connectivity index (χ3n) is 5.65. The van der Waals surface area contributed by atoms with Gasteiger partial charge in [0.2, 0.25) is 27.7 Å². The van der Waals surface area contributed by atoms with Gasteiger partial charge in [-0.25, -0.2) is 37.3 Å². The molecule has 37 heavy (non-hydrogen) atoms. The Balaban J connectivity index is 1.59. The van der Waals surface area contributed by atoms with Gasteiger partial charge in [0.05, 0.1) is 23.6 Å². The van der Waals surface area contributed by atoms with Crippen LogP contribution >= 0.6 is 0 Å². The number of sulfonamides is 1. The molecule has 0 spiro atoms. The molecule has 1 aliphatic heterocycles. The summed E-state index contributed by atoms with van der Waals surface area (Å²) in [6.07, 6.45) is 3.72. The van der Waals surface area contributed by atoms with E-state index < -0.39 is 44.5 Å². The van der Waals surface area contributed by atoms with Crippen LogP contribution in [0.3, 0.4) is 0 Å². The number of ether oxygens (including phenoxy) is 2. The molecule has 14 heteroatoms. The predicted octanol–water partition coefficient (Wildman–Crippen LogP) is 2.57. The molecule has 4 N–H and O–H groups in total. The van der Waals surface area contributed by atoms with E-state index in [1.165, 1.54) is 12.4 Å². The smallest absolute Gasteiger partial charge is 0.228 e. The summed E-state index contributed by atoms with van der Waals surface area (Å²) in [5.74, 6) is -6.17. The zero-order chi connectivity index (χ0) is 26.6. The van der Waals surface area contributed by atoms with Crippen molar-refractivity contribution in [1.82, 2.24) is 20.3 Å². The Labute approximate surface area is 211 Å². The second kappa shape index (κ2) is 11.4. The van der Waals surface area contributed by atoms with Gasteiger partial charge in [0, 0.05) is 50.3 Å². The van der Waals surface area contributed by atoms with Gasteiger partial charge in [0.25, 0.3) is 0 Å². The normalized spacial score (nSPS) is 18.0. The quantitative estimate of drug-likeness (QED) is 0.351. The average Bonchev–Trinajstić information content (AvgIpc) is 2.85. The highest BCUT2D eigenvalue weighted by molar-refractivity contribution is 7.88. The van der Waals surface area contributed by atoms with Crippen molar-refractivity contribution >= 4 is 16.0 Å². The van der Waals surface area contributed by atoms with Gasteiger partial charge >= 0.3 is 0 Å². The number of rotatable bonds is 9. The Kier molecular flexibility index (Phi) is 8.22. The first-order chi connectivity index (χ1) is 17.6. The molecule has 2 unspecified atom stereocenters. The number of hydrogen-bond acceptors (Lipinski definition) is 9. The summed E-state index contributed by atoms with van der Waals surface area (Å²) in [6, 6.07) is 5.35. The number of piperidine rings is 1. The van der Waals surface area contributed by atoms with Crippen molar-refractivity contribution in [3.05, 3.63) is 59.7 Å². The van der Waals surface area contributed by atoms with Crippen molar-refractivity contribution < 1.29 is 31.1 Å². The third kappa shape index (κ3) is 6.71. The maximum absolute atomic E-state index is 14.7. The van der Waals surface area contributed by atoms with Gasteiger partial charge in [-0.15, -0.1) is 0 Å². The highest BCUT2D eigenvalue weighted by Gasteiger charge is 2.25. The zero-order valence-corrected chi connectivity index (χ0v) is 20.6. The number of anilines is 1. The number of halogens is 3. The van der Waals surface area contributed by atoms with Crippen molar-refractivity contribution in [2.24, 2.45) is 11.1 Å². The summed E-state index contributed by atoms with van der Waals surface area (Å²) in [5, 5.41) is 11.5. The van der Waals surface area contributed by atoms with Crippen LogP contribution in [0.1, 0.15) is 12.0 Å². The fourth-order valence-corrected chi connectivity index (χ4v) is 4.72. The second-order valence-electron chi connectivity index (χ2n) is 8.55. The van der Waals surface area contributed by atoms with Crippen molar-refractivity contribution in [1.29, 1.82) is 0 Å². The van der Waals surface area contributed by atoms with Crippen molar-refractivity contribution in [3.63, 3.8) is 0 Å². The lowest BCUT2D eigenvalue weighted by atomic mass is 9.96. The number of hydrogen-bond donors (Lipinski definition) is 3. The number of pyridine rings is 1. The lowest BCUT2D eigenvalue weighted by molar-refractivity contribution is 0.134. The van der Waals surface area contributed by atoms with Crippen LogP contribution < -0.4 is 20.5 Å². The molecule has 0 aliphatic carbocycles. The van der Waals surface area contributed by atoms with Gasteiger partial charge < -0.3 is 20.1 Å². The summed E-state index contributed by atoms with van der Waals surface area (Å²) in [6.45, 7) is 2.19. The fraction of sp³-hybridized carbons (Fsp3) is 0.348. The molecule has 1 aliphatic rings. The molecule has 0 saturated carbocycles. The van der Waals surface area contributed by atoms with E-state index in [-0.39, 0.29) is 11.9 Å². The van der Waals surface area contributed by atoms with E-state index in [1.807, 2.05) is 0 Å². The van der Waals surface area contributed by atoms with E-state index in [4.69, 9.17) is 14.6 Å². The van der Waals surface area contributed by atoms with Crippen LogP contribution in [0.5, 0.6) is 11.6 Å². The molecule has 4 rings (SSSR count). The molecule has 3 aromatic rings. The van der Waals surface area contributed by atoms with Crippen molar-refractivity contribution in [2.75, 3.05) is 32.1 Å². The van der Waals surface area contributed by atoms with Crippen LogP contribution in [0.25, 0.3) is 11.3 Å². The van der Waals surface area contributed by atoms with Crippen LogP contribution in [-0.4, -0.2) is 56.2 Å². The zero-order valence-electron chi connectivity index (χ0n) is 19.7. The molecule has 10 nitrogen and oxygen atoms in total. The second-order valence-corrected chi connectivity index (χ2v) is 10.2. The van der Waals surface area contributed by atoms with Gasteiger partial charge in [-0.1, -0.05) is 0 Å². The van der Waals surface area contributed by atoms with Crippen LogP contribution in [0, 0.1) is 23.4 Å². The minimum Gasteiger partial charge on any atom is -0.435 e. The van der Waals surface area contributed by atoms with Gasteiger partial charge in [-0.3, -0.25) is 0 Å². The molecule has 1 fully saturated rings. The average molecular weight is 539 g/mol. The Morgan fingerprint density at radius 3 is 2.73 bits per heavy atom. The monoisotopic (exact) mass is 538 g/mol. The summed E-state index contributed by atoms with van der Waals surface area (Å²) in [4.78, 5) is 12.8. The minimum absolute atomic E-state index is 0.0599. The first kappa shape index (κ1) is 26.7. The van der Waals surface area contributed by atoms with E-state index >= 15 is 0 Å². The molecule has 2 atom stereocenters. The van der Waals surface area contributed by atoms with E-state index in [9.17, 15) is 21.6 Å². The summed E-state index contributed by atoms with van der Waals surface area (Å²) in [7, 11) is -2.65. The molecule has 3 heterocycles. The van der Waals surface area contributed by atoms with Crippen molar-refractivity contribution in [3.8, 4) is 22.9 Å². The van der Waals surface area contributed by atoms with E-state index in [0.29, 0.717) is 42.3 Å². The summed E-state index contributed by atoms with van der Waals surface area (Å²) < 4.78 is 76.7. The van der Waals surface area contributed by atoms with Gasteiger partial charge in [-0.2, -0.15) is 4.39 Å². The lowest BCUT2D eigenvalue weighted by Crippen LogP contribution is -2.44. The first-order valence-electron chi connectivity index (χ1n) is 11.2. The Bertz CT molecular complexity index is 1380. The van der Waals surface area contributed by atoms with Gasteiger partial charge in [0.15, 0.2) is 11.6 Å². The standard InChI is InChI=1S/C23H25F3N6O4S/c1-35-11-13-7-14(10-28-9-13)31-23-30-6-4-18(32-23)15-3-2-5-29-22(15)36-19-8-17(24)16(12-37(27,33)34)20(25)21(19)26/h2-6,8,13-14,28H,7,9-12H2,1H3,(H2,27,33,34)(H,30,31,32). The number of methoxy groups -OCH3 is 1. The molecular formula is C23H25F3N6O4S. The molecule has 0 radical (unpaired) electrons. The third-order valence-corrected chi connectivity index (χ3v) is 6.34. The summed E-state index contributed by atoms with van der Waals surface area (Å²) >= 11 is 0. The molecule has 198 valence electrons. The van der Waals surface area contributed by atoms with E-state index in [0.717, 1.165) is 13.0 Å². The van der Waals surface area contributed by atoms with Crippen LogP contribution in [0.15, 0.2) is 36.7 Å². The Hall–Kier alpha value is -3.33. The van der Waals surface area contributed by atoms with Gasteiger partial charge in [0.1, 0.15) is 5.82 Å². The number of benzene rings is 1. The maximum Gasteiger partial charge on any atom is 0.228 e. The molecule has 1 saturated heterocycles. The van der Waals surface area contributed by atoms with E-state index in [1.54, 1.807) is 25.3 Å². The Morgan fingerprint density at radius 2 is 1.97 bits per heavy atom. The number of nitrogens with zero attached hydrogens (tertiary/aromatic N) is 3. The van der Waals surface area contributed by atoms with Gasteiger partial charge in [-0.05, 0) is 30.5 Å². The minimum atomic E-state index is -4.30. The lowest BCUT2D eigenvalue weighted by Gasteiger charge is -2.30. The largest absolute Gasteiger partial charge is 0.435 e. The van der Waals surface area contributed by atoms with E-state index in [2.05, 4.69) is 25.6 Å². The molecule has 1 aromatic carbocycles. The topological polar surface area (TPSA) is 141 Å². The SMILES string of the molecule is COCC1CNCC(Nc2nccc(-c3cccnc3Oc3cc(F)c(CS(N)(=O)=O)c(F)c3F)n2)C1. The molecular weight excluding hydrogens is 513 g/mol. The van der Waals surface area contributed by atoms with Crippen LogP contribution in [0.4, 0.5) is 19.1 Å². The van der Waals surface area contributed by atoms with Crippen LogP contribution in [-0.2, 0) is 20.5 Å². The molecule has 2 aromatic heterocycles. The molecule has 0 amide bonds. The van der Waals surface area contributed by atoms with Crippen molar-refractivity contribution in [2.45, 2.75) is 18.2 Å². The number of aromatic nitrogens is 3. The number of primary sulfonamides is 1. The summed E-state index contributed by atoms with van der Waals surface area (Å²) in [5.41, 5.74) is -0.351. The number of nitrogens with one attached hydrogen (secondary N) is 2. The van der Waals surface area contributed by atoms with Crippen LogP contribution in [0.2, 0.25) is 0 Å². The Morgan fingerprint density at radius 1 is 1.16 bits per heavy atom. The number of nitrogens with two attached hydrogens (primary N) is 1. The molecule has 0 bridgehead atoms. The predicted molar refractivity (Wildman–Crippen MR) is 129 cm³/mol.